The maximum atomic E-state index is 8.28. The molecule has 1 aliphatic carbocycles. The molecule has 0 unspecified atom stereocenters. The molecule has 0 radical (unpaired) electrons. The van der Waals surface area contributed by atoms with Crippen molar-refractivity contribution >= 4 is 0 Å². The third-order valence-corrected chi connectivity index (χ3v) is 1.28. The average molecular weight is 117 g/mol. The fourth-order valence-electron chi connectivity index (χ4n) is 0.752. The standard InChI is InChI=1S/C8H7N/c1-7-3-2-4-8(7)5-6-9/h2-4H,1,5H2. The minimum Gasteiger partial charge on any atom is -0.198 e. The Morgan fingerprint density at radius 3 is 2.89 bits per heavy atom. The van der Waals surface area contributed by atoms with Gasteiger partial charge in [-0.25, -0.2) is 0 Å². The minimum atomic E-state index is 0.478. The van der Waals surface area contributed by atoms with E-state index in [1.165, 1.54) is 0 Å². The van der Waals surface area contributed by atoms with Crippen molar-refractivity contribution in [1.82, 2.24) is 0 Å². The number of allylic oxidation sites excluding steroid dienone is 5. The van der Waals surface area contributed by atoms with Crippen molar-refractivity contribution < 1.29 is 0 Å². The first kappa shape index (κ1) is 5.84. The number of hydrogen-bond acceptors (Lipinski definition) is 1. The van der Waals surface area contributed by atoms with Crippen molar-refractivity contribution in [3.63, 3.8) is 0 Å². The highest BCUT2D eigenvalue weighted by molar-refractivity contribution is 5.47. The number of nitriles is 1. The summed E-state index contributed by atoms with van der Waals surface area (Å²) in [6.45, 7) is 3.75. The summed E-state index contributed by atoms with van der Waals surface area (Å²) in [5.74, 6) is 0. The quantitative estimate of drug-likeness (QED) is 0.515. The van der Waals surface area contributed by atoms with Gasteiger partial charge in [0.2, 0.25) is 0 Å². The van der Waals surface area contributed by atoms with E-state index in [1.54, 1.807) is 0 Å². The number of nitrogens with zero attached hydrogens (tertiary/aromatic N) is 1. The molecule has 0 aromatic rings. The number of rotatable bonds is 1. The highest BCUT2D eigenvalue weighted by Gasteiger charge is 2.01. The van der Waals surface area contributed by atoms with E-state index in [-0.39, 0.29) is 0 Å². The zero-order chi connectivity index (χ0) is 6.69. The summed E-state index contributed by atoms with van der Waals surface area (Å²) in [7, 11) is 0. The molecule has 0 saturated carbocycles. The molecule has 0 N–H and O–H groups in total. The summed E-state index contributed by atoms with van der Waals surface area (Å²) in [6.07, 6.45) is 6.22. The second-order valence-corrected chi connectivity index (χ2v) is 1.91. The predicted octanol–water partition coefficient (Wildman–Crippen LogP) is 1.95. The van der Waals surface area contributed by atoms with Gasteiger partial charge in [-0.2, -0.15) is 5.26 Å². The van der Waals surface area contributed by atoms with Crippen molar-refractivity contribution in [2.75, 3.05) is 0 Å². The Bertz CT molecular complexity index is 225. The fraction of sp³-hybridized carbons (Fsp3) is 0.125. The lowest BCUT2D eigenvalue weighted by atomic mass is 10.1. The molecule has 1 nitrogen and oxygen atoms in total. The van der Waals surface area contributed by atoms with E-state index < -0.39 is 0 Å². The van der Waals surface area contributed by atoms with E-state index in [4.69, 9.17) is 5.26 Å². The maximum absolute atomic E-state index is 8.28. The van der Waals surface area contributed by atoms with Crippen LogP contribution in [0.15, 0.2) is 36.0 Å². The van der Waals surface area contributed by atoms with Gasteiger partial charge in [-0.05, 0) is 11.1 Å². The molecule has 1 heteroatoms. The summed E-state index contributed by atoms with van der Waals surface area (Å²) in [6, 6.07) is 2.07. The molecule has 0 atom stereocenters. The molecule has 0 amide bonds. The van der Waals surface area contributed by atoms with E-state index in [9.17, 15) is 0 Å². The van der Waals surface area contributed by atoms with Gasteiger partial charge in [0.25, 0.3) is 0 Å². The predicted molar refractivity (Wildman–Crippen MR) is 36.6 cm³/mol. The van der Waals surface area contributed by atoms with Crippen molar-refractivity contribution in [2.45, 2.75) is 6.42 Å². The van der Waals surface area contributed by atoms with Gasteiger partial charge in [0.05, 0.1) is 12.5 Å². The molecule has 0 bridgehead atoms. The van der Waals surface area contributed by atoms with Crippen molar-refractivity contribution in [2.24, 2.45) is 0 Å². The lowest BCUT2D eigenvalue weighted by Crippen LogP contribution is -1.77. The molecule has 0 fully saturated rings. The average Bonchev–Trinajstić information content (AvgIpc) is 2.18. The first-order chi connectivity index (χ1) is 4.34. The van der Waals surface area contributed by atoms with Crippen LogP contribution in [-0.4, -0.2) is 0 Å². The summed E-state index contributed by atoms with van der Waals surface area (Å²) in [4.78, 5) is 0. The van der Waals surface area contributed by atoms with Gasteiger partial charge in [0.1, 0.15) is 0 Å². The van der Waals surface area contributed by atoms with Crippen molar-refractivity contribution in [3.8, 4) is 6.07 Å². The summed E-state index contributed by atoms with van der Waals surface area (Å²) in [5, 5.41) is 8.28. The van der Waals surface area contributed by atoms with Crippen LogP contribution in [0.4, 0.5) is 0 Å². The lowest BCUT2D eigenvalue weighted by Gasteiger charge is -1.92. The van der Waals surface area contributed by atoms with Gasteiger partial charge >= 0.3 is 0 Å². The summed E-state index contributed by atoms with van der Waals surface area (Å²) >= 11 is 0. The second kappa shape index (κ2) is 2.32. The lowest BCUT2D eigenvalue weighted by molar-refractivity contribution is 1.26. The Labute approximate surface area is 54.6 Å². The highest BCUT2D eigenvalue weighted by Crippen LogP contribution is 2.18. The topological polar surface area (TPSA) is 23.8 Å². The Morgan fingerprint density at radius 2 is 2.44 bits per heavy atom. The van der Waals surface area contributed by atoms with E-state index in [2.05, 4.69) is 12.6 Å². The van der Waals surface area contributed by atoms with Crippen LogP contribution in [0.25, 0.3) is 0 Å². The Morgan fingerprint density at radius 1 is 1.67 bits per heavy atom. The van der Waals surface area contributed by atoms with Crippen molar-refractivity contribution in [1.29, 1.82) is 5.26 Å². The normalized spacial score (nSPS) is 15.4. The van der Waals surface area contributed by atoms with Gasteiger partial charge in [-0.1, -0.05) is 24.8 Å². The largest absolute Gasteiger partial charge is 0.198 e. The molecule has 9 heavy (non-hydrogen) atoms. The monoisotopic (exact) mass is 117 g/mol. The van der Waals surface area contributed by atoms with E-state index in [1.807, 2.05) is 18.2 Å². The van der Waals surface area contributed by atoms with E-state index in [0.29, 0.717) is 6.42 Å². The fourth-order valence-corrected chi connectivity index (χ4v) is 0.752. The van der Waals surface area contributed by atoms with Gasteiger partial charge < -0.3 is 0 Å². The van der Waals surface area contributed by atoms with Gasteiger partial charge in [-0.15, -0.1) is 0 Å². The Kier molecular flexibility index (Phi) is 1.51. The molecule has 0 aromatic carbocycles. The molecule has 0 aliphatic heterocycles. The van der Waals surface area contributed by atoms with Crippen LogP contribution < -0.4 is 0 Å². The van der Waals surface area contributed by atoms with E-state index >= 15 is 0 Å². The van der Waals surface area contributed by atoms with Crippen LogP contribution in [0, 0.1) is 11.3 Å². The smallest absolute Gasteiger partial charge is 0.0669 e. The third kappa shape index (κ3) is 1.09. The van der Waals surface area contributed by atoms with Crippen LogP contribution >= 0.6 is 0 Å². The van der Waals surface area contributed by atoms with Crippen LogP contribution in [-0.2, 0) is 0 Å². The zero-order valence-electron chi connectivity index (χ0n) is 5.09. The van der Waals surface area contributed by atoms with Crippen LogP contribution in [0.5, 0.6) is 0 Å². The SMILES string of the molecule is C=C1C=CC=C1CC#N. The third-order valence-electron chi connectivity index (χ3n) is 1.28. The summed E-state index contributed by atoms with van der Waals surface area (Å²) in [5.41, 5.74) is 2.01. The molecule has 44 valence electrons. The summed E-state index contributed by atoms with van der Waals surface area (Å²) < 4.78 is 0. The minimum absolute atomic E-state index is 0.478. The first-order valence-electron chi connectivity index (χ1n) is 2.78. The zero-order valence-corrected chi connectivity index (χ0v) is 5.09. The second-order valence-electron chi connectivity index (χ2n) is 1.91. The first-order valence-corrected chi connectivity index (χ1v) is 2.78. The van der Waals surface area contributed by atoms with Crippen LogP contribution in [0.1, 0.15) is 6.42 Å². The molecule has 0 spiro atoms. The maximum Gasteiger partial charge on any atom is 0.0669 e. The molecular weight excluding hydrogens is 110 g/mol. The Hall–Kier alpha value is -1.29. The van der Waals surface area contributed by atoms with Gasteiger partial charge in [-0.3, -0.25) is 0 Å². The molecule has 0 aromatic heterocycles. The molecule has 0 saturated heterocycles. The highest BCUT2D eigenvalue weighted by atomic mass is 14.2. The van der Waals surface area contributed by atoms with Crippen LogP contribution in [0.2, 0.25) is 0 Å². The molecule has 1 rings (SSSR count). The van der Waals surface area contributed by atoms with Crippen molar-refractivity contribution in [3.05, 3.63) is 36.0 Å². The van der Waals surface area contributed by atoms with E-state index in [0.717, 1.165) is 11.1 Å². The molecule has 1 aliphatic rings. The van der Waals surface area contributed by atoms with Crippen LogP contribution in [0.3, 0.4) is 0 Å². The number of hydrogen-bond donors (Lipinski definition) is 0. The van der Waals surface area contributed by atoms with Gasteiger partial charge in [0.15, 0.2) is 0 Å². The molecule has 0 heterocycles. The Balaban J connectivity index is 2.67. The molecular formula is C8H7N. The van der Waals surface area contributed by atoms with Gasteiger partial charge in [0, 0.05) is 0 Å².